The molecule has 1 unspecified atom stereocenters. The van der Waals surface area contributed by atoms with Crippen LogP contribution in [0.5, 0.6) is 0 Å². The standard InChI is InChI=1S/C17H27ClN2/c1-12-5-8-15(9-6-12)20(4)17-10-7-14(11-16(17)18)13(2)19-3/h7,10-13,15,19H,5-6,8-9H2,1-4H3. The maximum absolute atomic E-state index is 6.50. The first-order valence-electron chi connectivity index (χ1n) is 7.72. The number of nitrogens with one attached hydrogen (secondary N) is 1. The quantitative estimate of drug-likeness (QED) is 0.870. The van der Waals surface area contributed by atoms with E-state index in [0.29, 0.717) is 12.1 Å². The summed E-state index contributed by atoms with van der Waals surface area (Å²) < 4.78 is 0. The number of anilines is 1. The van der Waals surface area contributed by atoms with Crippen molar-refractivity contribution in [2.75, 3.05) is 19.0 Å². The molecule has 1 atom stereocenters. The molecule has 0 bridgehead atoms. The molecule has 2 rings (SSSR count). The van der Waals surface area contributed by atoms with Crippen molar-refractivity contribution < 1.29 is 0 Å². The topological polar surface area (TPSA) is 15.3 Å². The number of nitrogens with zero attached hydrogens (tertiary/aromatic N) is 1. The maximum Gasteiger partial charge on any atom is 0.0642 e. The lowest BCUT2D eigenvalue weighted by atomic mass is 9.86. The molecule has 20 heavy (non-hydrogen) atoms. The summed E-state index contributed by atoms with van der Waals surface area (Å²) in [6.45, 7) is 4.51. The highest BCUT2D eigenvalue weighted by Crippen LogP contribution is 2.34. The zero-order chi connectivity index (χ0) is 14.7. The third-order valence-electron chi connectivity index (χ3n) is 4.82. The molecule has 0 radical (unpaired) electrons. The van der Waals surface area contributed by atoms with Crippen molar-refractivity contribution in [3.63, 3.8) is 0 Å². The van der Waals surface area contributed by atoms with E-state index in [2.05, 4.69) is 49.3 Å². The van der Waals surface area contributed by atoms with Crippen molar-refractivity contribution in [2.45, 2.75) is 51.6 Å². The molecule has 3 heteroatoms. The lowest BCUT2D eigenvalue weighted by Gasteiger charge is -2.35. The number of hydrogen-bond donors (Lipinski definition) is 1. The van der Waals surface area contributed by atoms with E-state index in [1.165, 1.54) is 36.9 Å². The van der Waals surface area contributed by atoms with Crippen LogP contribution in [0.15, 0.2) is 18.2 Å². The fraction of sp³-hybridized carbons (Fsp3) is 0.647. The number of hydrogen-bond acceptors (Lipinski definition) is 2. The van der Waals surface area contributed by atoms with Gasteiger partial charge in [-0.25, -0.2) is 0 Å². The first-order chi connectivity index (χ1) is 9.52. The summed E-state index contributed by atoms with van der Waals surface area (Å²) in [6.07, 6.45) is 5.23. The summed E-state index contributed by atoms with van der Waals surface area (Å²) in [5.41, 5.74) is 2.41. The second-order valence-electron chi connectivity index (χ2n) is 6.25. The summed E-state index contributed by atoms with van der Waals surface area (Å²) in [5, 5.41) is 4.12. The third kappa shape index (κ3) is 3.48. The summed E-state index contributed by atoms with van der Waals surface area (Å²) >= 11 is 6.50. The Labute approximate surface area is 128 Å². The van der Waals surface area contributed by atoms with Crippen LogP contribution in [0.4, 0.5) is 5.69 Å². The fourth-order valence-corrected chi connectivity index (χ4v) is 3.39. The smallest absolute Gasteiger partial charge is 0.0642 e. The van der Waals surface area contributed by atoms with E-state index < -0.39 is 0 Å². The molecule has 0 aromatic heterocycles. The van der Waals surface area contributed by atoms with Crippen molar-refractivity contribution in [3.8, 4) is 0 Å². The third-order valence-corrected chi connectivity index (χ3v) is 5.12. The summed E-state index contributed by atoms with van der Waals surface area (Å²) in [7, 11) is 4.16. The Morgan fingerprint density at radius 3 is 2.45 bits per heavy atom. The highest BCUT2D eigenvalue weighted by molar-refractivity contribution is 6.33. The van der Waals surface area contributed by atoms with Crippen LogP contribution in [0.3, 0.4) is 0 Å². The largest absolute Gasteiger partial charge is 0.370 e. The van der Waals surface area contributed by atoms with Crippen LogP contribution in [-0.2, 0) is 0 Å². The van der Waals surface area contributed by atoms with Gasteiger partial charge in [-0.2, -0.15) is 0 Å². The van der Waals surface area contributed by atoms with Crippen molar-refractivity contribution in [2.24, 2.45) is 5.92 Å². The van der Waals surface area contributed by atoms with Crippen LogP contribution in [0.25, 0.3) is 0 Å². The van der Waals surface area contributed by atoms with E-state index in [-0.39, 0.29) is 0 Å². The Kier molecular flexibility index (Phi) is 5.34. The number of halogens is 1. The van der Waals surface area contributed by atoms with Crippen LogP contribution in [0.2, 0.25) is 5.02 Å². The van der Waals surface area contributed by atoms with Gasteiger partial charge in [-0.15, -0.1) is 0 Å². The SMILES string of the molecule is CNC(C)c1ccc(N(C)C2CCC(C)CC2)c(Cl)c1. The van der Waals surface area contributed by atoms with Gasteiger partial charge >= 0.3 is 0 Å². The van der Waals surface area contributed by atoms with Crippen molar-refractivity contribution >= 4 is 17.3 Å². The fourth-order valence-electron chi connectivity index (χ4n) is 3.07. The number of rotatable bonds is 4. The minimum absolute atomic E-state index is 0.336. The first-order valence-corrected chi connectivity index (χ1v) is 8.10. The molecule has 0 heterocycles. The minimum atomic E-state index is 0.336. The van der Waals surface area contributed by atoms with Crippen LogP contribution >= 0.6 is 11.6 Å². The molecule has 1 aliphatic carbocycles. The highest BCUT2D eigenvalue weighted by atomic mass is 35.5. The summed E-state index contributed by atoms with van der Waals surface area (Å²) in [5.74, 6) is 0.883. The van der Waals surface area contributed by atoms with E-state index in [4.69, 9.17) is 11.6 Å². The van der Waals surface area contributed by atoms with Gasteiger partial charge in [0.15, 0.2) is 0 Å². The van der Waals surface area contributed by atoms with E-state index in [0.717, 1.165) is 10.9 Å². The predicted octanol–water partition coefficient (Wildman–Crippen LogP) is 4.64. The molecule has 1 aromatic rings. The average molecular weight is 295 g/mol. The zero-order valence-corrected chi connectivity index (χ0v) is 13.9. The van der Waals surface area contributed by atoms with Gasteiger partial charge in [0.05, 0.1) is 10.7 Å². The number of benzene rings is 1. The Balaban J connectivity index is 2.12. The van der Waals surface area contributed by atoms with E-state index in [9.17, 15) is 0 Å². The van der Waals surface area contributed by atoms with Crippen LogP contribution in [0, 0.1) is 5.92 Å². The summed E-state index contributed by atoms with van der Waals surface area (Å²) in [4.78, 5) is 2.38. The molecule has 0 spiro atoms. The van der Waals surface area contributed by atoms with Gasteiger partial charge in [-0.3, -0.25) is 0 Å². The molecular weight excluding hydrogens is 268 g/mol. The van der Waals surface area contributed by atoms with Crippen LogP contribution in [-0.4, -0.2) is 20.1 Å². The van der Waals surface area contributed by atoms with Gasteiger partial charge in [0, 0.05) is 19.1 Å². The van der Waals surface area contributed by atoms with Crippen molar-refractivity contribution in [1.29, 1.82) is 0 Å². The average Bonchev–Trinajstić information content (AvgIpc) is 2.46. The van der Waals surface area contributed by atoms with Gasteiger partial charge in [0.2, 0.25) is 0 Å². The molecule has 0 saturated heterocycles. The van der Waals surface area contributed by atoms with Crippen LogP contribution in [0.1, 0.15) is 51.1 Å². The van der Waals surface area contributed by atoms with Gasteiger partial charge < -0.3 is 10.2 Å². The molecular formula is C17H27ClN2. The highest BCUT2D eigenvalue weighted by Gasteiger charge is 2.23. The molecule has 112 valence electrons. The van der Waals surface area contributed by atoms with Crippen molar-refractivity contribution in [1.82, 2.24) is 5.32 Å². The molecule has 1 aromatic carbocycles. The monoisotopic (exact) mass is 294 g/mol. The van der Waals surface area contributed by atoms with E-state index in [1.807, 2.05) is 7.05 Å². The molecule has 2 nitrogen and oxygen atoms in total. The Morgan fingerprint density at radius 2 is 1.90 bits per heavy atom. The maximum atomic E-state index is 6.50. The first kappa shape index (κ1) is 15.7. The lowest BCUT2D eigenvalue weighted by molar-refractivity contribution is 0.341. The van der Waals surface area contributed by atoms with Crippen molar-refractivity contribution in [3.05, 3.63) is 28.8 Å². The van der Waals surface area contributed by atoms with Gasteiger partial charge in [0.1, 0.15) is 0 Å². The van der Waals surface area contributed by atoms with E-state index >= 15 is 0 Å². The molecule has 0 aliphatic heterocycles. The second kappa shape index (κ2) is 6.82. The van der Waals surface area contributed by atoms with Gasteiger partial charge in [-0.1, -0.05) is 24.6 Å². The Morgan fingerprint density at radius 1 is 1.25 bits per heavy atom. The van der Waals surface area contributed by atoms with Gasteiger partial charge in [-0.05, 0) is 63.3 Å². The molecule has 1 fully saturated rings. The molecule has 0 amide bonds. The molecule has 1 N–H and O–H groups in total. The molecule has 1 saturated carbocycles. The second-order valence-corrected chi connectivity index (χ2v) is 6.65. The summed E-state index contributed by atoms with van der Waals surface area (Å²) in [6, 6.07) is 7.42. The normalized spacial score (nSPS) is 24.4. The van der Waals surface area contributed by atoms with E-state index in [1.54, 1.807) is 0 Å². The zero-order valence-electron chi connectivity index (χ0n) is 13.1. The van der Waals surface area contributed by atoms with Crippen LogP contribution < -0.4 is 10.2 Å². The molecule has 1 aliphatic rings. The Bertz CT molecular complexity index is 439. The van der Waals surface area contributed by atoms with Gasteiger partial charge in [0.25, 0.3) is 0 Å². The lowest BCUT2D eigenvalue weighted by Crippen LogP contribution is -2.35. The predicted molar refractivity (Wildman–Crippen MR) is 88.7 cm³/mol. The minimum Gasteiger partial charge on any atom is -0.370 e. The Hall–Kier alpha value is -0.730.